The van der Waals surface area contributed by atoms with Crippen molar-refractivity contribution in [3.63, 3.8) is 0 Å². The minimum Gasteiger partial charge on any atom is -0.469 e. The van der Waals surface area contributed by atoms with Gasteiger partial charge in [0.25, 0.3) is 0 Å². The maximum Gasteiger partial charge on any atom is 0.302 e. The van der Waals surface area contributed by atoms with Gasteiger partial charge in [0.2, 0.25) is 0 Å². The Labute approximate surface area is 80.4 Å². The second kappa shape index (κ2) is 6.89. The Kier molecular flexibility index (Phi) is 6.59. The van der Waals surface area contributed by atoms with Gasteiger partial charge in [-0.15, -0.1) is 0 Å². The molecule has 0 aliphatic carbocycles. The summed E-state index contributed by atoms with van der Waals surface area (Å²) in [5, 5.41) is 0. The number of esters is 1. The van der Waals surface area contributed by atoms with Gasteiger partial charge in [0.1, 0.15) is 0 Å². The van der Waals surface area contributed by atoms with Crippen molar-refractivity contribution in [3.05, 3.63) is 0 Å². The predicted molar refractivity (Wildman–Crippen MR) is 51.6 cm³/mol. The van der Waals surface area contributed by atoms with Gasteiger partial charge >= 0.3 is 5.97 Å². The summed E-state index contributed by atoms with van der Waals surface area (Å²) in [5.74, 6) is -0.245. The van der Waals surface area contributed by atoms with E-state index < -0.39 is 0 Å². The van der Waals surface area contributed by atoms with Crippen molar-refractivity contribution in [1.82, 2.24) is 0 Å². The van der Waals surface area contributed by atoms with E-state index in [9.17, 15) is 4.79 Å². The van der Waals surface area contributed by atoms with E-state index in [2.05, 4.69) is 18.6 Å². The van der Waals surface area contributed by atoms with Crippen LogP contribution in [0.2, 0.25) is 0 Å². The van der Waals surface area contributed by atoms with Crippen LogP contribution < -0.4 is 0 Å². The van der Waals surface area contributed by atoms with Gasteiger partial charge in [-0.25, -0.2) is 0 Å². The van der Waals surface area contributed by atoms with Crippen molar-refractivity contribution in [1.29, 1.82) is 0 Å². The highest BCUT2D eigenvalue weighted by Crippen LogP contribution is 2.20. The molecule has 0 spiro atoms. The molecule has 0 radical (unpaired) electrons. The van der Waals surface area contributed by atoms with Crippen LogP contribution in [0.4, 0.5) is 0 Å². The van der Waals surface area contributed by atoms with Crippen molar-refractivity contribution in [2.75, 3.05) is 7.11 Å². The second-order valence-corrected chi connectivity index (χ2v) is 3.25. The summed E-state index contributed by atoms with van der Waals surface area (Å²) in [6, 6.07) is 0. The summed E-state index contributed by atoms with van der Waals surface area (Å²) < 4.78 is 9.62. The third-order valence-electron chi connectivity index (χ3n) is 2.06. The van der Waals surface area contributed by atoms with Gasteiger partial charge in [-0.05, 0) is 26.2 Å². The fourth-order valence-electron chi connectivity index (χ4n) is 1.19. The summed E-state index contributed by atoms with van der Waals surface area (Å²) in [7, 11) is 1.35. The highest BCUT2D eigenvalue weighted by molar-refractivity contribution is 5.65. The number of hydrogen-bond acceptors (Lipinski definition) is 3. The monoisotopic (exact) mass is 188 g/mol. The highest BCUT2D eigenvalue weighted by Gasteiger charge is 2.18. The maximum atomic E-state index is 9.59. The molecule has 13 heavy (non-hydrogen) atoms. The molecule has 1 saturated heterocycles. The highest BCUT2D eigenvalue weighted by atomic mass is 16.5. The molecule has 1 aliphatic rings. The van der Waals surface area contributed by atoms with E-state index in [-0.39, 0.29) is 5.97 Å². The zero-order valence-corrected chi connectivity index (χ0v) is 9.00. The molecule has 2 atom stereocenters. The van der Waals surface area contributed by atoms with Gasteiger partial charge in [-0.1, -0.05) is 6.92 Å². The fraction of sp³-hybridized carbons (Fsp3) is 0.900. The van der Waals surface area contributed by atoms with Crippen LogP contribution in [0, 0.1) is 0 Å². The van der Waals surface area contributed by atoms with Crippen LogP contribution in [-0.4, -0.2) is 25.3 Å². The molecular formula is C10H20O3. The molecule has 0 aromatic carbocycles. The molecule has 3 heteroatoms. The largest absolute Gasteiger partial charge is 0.469 e. The number of rotatable bonds is 1. The van der Waals surface area contributed by atoms with E-state index in [4.69, 9.17) is 4.74 Å². The molecule has 0 aromatic heterocycles. The zero-order chi connectivity index (χ0) is 10.3. The van der Waals surface area contributed by atoms with Gasteiger partial charge in [0.05, 0.1) is 19.3 Å². The van der Waals surface area contributed by atoms with Crippen LogP contribution >= 0.6 is 0 Å². The Morgan fingerprint density at radius 2 is 2.08 bits per heavy atom. The number of methoxy groups -OCH3 is 1. The average Bonchev–Trinajstić information content (AvgIpc) is 2.52. The molecule has 1 aliphatic heterocycles. The number of carbonyl (C=O) groups is 1. The van der Waals surface area contributed by atoms with Gasteiger partial charge in [0.15, 0.2) is 0 Å². The first-order valence-corrected chi connectivity index (χ1v) is 4.80. The molecule has 0 amide bonds. The fourth-order valence-corrected chi connectivity index (χ4v) is 1.19. The average molecular weight is 188 g/mol. The zero-order valence-electron chi connectivity index (χ0n) is 9.00. The van der Waals surface area contributed by atoms with Crippen molar-refractivity contribution < 1.29 is 14.3 Å². The summed E-state index contributed by atoms with van der Waals surface area (Å²) in [6.07, 6.45) is 4.82. The SMILES string of the molecule is CCC1CCC(C)O1.COC(C)=O. The molecule has 0 bridgehead atoms. The number of ether oxygens (including phenoxy) is 2. The number of carbonyl (C=O) groups excluding carboxylic acids is 1. The van der Waals surface area contributed by atoms with E-state index in [1.54, 1.807) is 0 Å². The summed E-state index contributed by atoms with van der Waals surface area (Å²) in [5.41, 5.74) is 0. The standard InChI is InChI=1S/C7H14O.C3H6O2/c1-3-7-5-4-6(2)8-7;1-3(4)5-2/h6-7H,3-5H2,1-2H3;1-2H3. The van der Waals surface area contributed by atoms with Gasteiger partial charge in [-0.3, -0.25) is 4.79 Å². The smallest absolute Gasteiger partial charge is 0.302 e. The Morgan fingerprint density at radius 3 is 2.23 bits per heavy atom. The van der Waals surface area contributed by atoms with Crippen molar-refractivity contribution in [2.24, 2.45) is 0 Å². The lowest BCUT2D eigenvalue weighted by Crippen LogP contribution is -2.05. The topological polar surface area (TPSA) is 35.5 Å². The van der Waals surface area contributed by atoms with Gasteiger partial charge in [0, 0.05) is 6.92 Å². The van der Waals surface area contributed by atoms with Crippen molar-refractivity contribution in [2.45, 2.75) is 52.2 Å². The molecule has 0 saturated carbocycles. The molecule has 1 fully saturated rings. The van der Waals surface area contributed by atoms with Crippen LogP contribution in [0.5, 0.6) is 0 Å². The molecule has 2 unspecified atom stereocenters. The molecular weight excluding hydrogens is 168 g/mol. The number of hydrogen-bond donors (Lipinski definition) is 0. The van der Waals surface area contributed by atoms with E-state index in [0.717, 1.165) is 0 Å². The van der Waals surface area contributed by atoms with Crippen LogP contribution in [-0.2, 0) is 14.3 Å². The Morgan fingerprint density at radius 1 is 1.54 bits per heavy atom. The Hall–Kier alpha value is -0.570. The second-order valence-electron chi connectivity index (χ2n) is 3.25. The van der Waals surface area contributed by atoms with Crippen molar-refractivity contribution in [3.8, 4) is 0 Å². The molecule has 78 valence electrons. The van der Waals surface area contributed by atoms with Crippen LogP contribution in [0.15, 0.2) is 0 Å². The summed E-state index contributed by atoms with van der Waals surface area (Å²) >= 11 is 0. The Bertz CT molecular complexity index is 145. The van der Waals surface area contributed by atoms with E-state index >= 15 is 0 Å². The van der Waals surface area contributed by atoms with Crippen molar-refractivity contribution >= 4 is 5.97 Å². The molecule has 1 rings (SSSR count). The van der Waals surface area contributed by atoms with Crippen LogP contribution in [0.3, 0.4) is 0 Å². The molecule has 0 N–H and O–H groups in total. The van der Waals surface area contributed by atoms with Gasteiger partial charge < -0.3 is 9.47 Å². The molecule has 1 heterocycles. The lowest BCUT2D eigenvalue weighted by molar-refractivity contribution is -0.137. The summed E-state index contributed by atoms with van der Waals surface area (Å²) in [4.78, 5) is 9.59. The van der Waals surface area contributed by atoms with E-state index in [1.807, 2.05) is 0 Å². The third-order valence-corrected chi connectivity index (χ3v) is 2.06. The first-order valence-electron chi connectivity index (χ1n) is 4.80. The third kappa shape index (κ3) is 6.58. The predicted octanol–water partition coefficient (Wildman–Crippen LogP) is 2.14. The van der Waals surface area contributed by atoms with Crippen LogP contribution in [0.25, 0.3) is 0 Å². The summed E-state index contributed by atoms with van der Waals surface area (Å²) in [6.45, 7) is 5.69. The van der Waals surface area contributed by atoms with Crippen LogP contribution in [0.1, 0.15) is 40.0 Å². The normalized spacial score (nSPS) is 26.2. The minimum atomic E-state index is -0.245. The molecule has 0 aromatic rings. The maximum absolute atomic E-state index is 9.59. The first-order chi connectivity index (χ1) is 6.10. The lowest BCUT2D eigenvalue weighted by atomic mass is 10.2. The lowest BCUT2D eigenvalue weighted by Gasteiger charge is -2.05. The van der Waals surface area contributed by atoms with Gasteiger partial charge in [-0.2, -0.15) is 0 Å². The minimum absolute atomic E-state index is 0.245. The van der Waals surface area contributed by atoms with E-state index in [1.165, 1.54) is 33.3 Å². The molecule has 3 nitrogen and oxygen atoms in total. The Balaban J connectivity index is 0.000000252. The quantitative estimate of drug-likeness (QED) is 0.591. The first kappa shape index (κ1) is 12.4. The van der Waals surface area contributed by atoms with E-state index in [0.29, 0.717) is 12.2 Å².